The first-order valence-electron chi connectivity index (χ1n) is 8.22. The number of para-hydroxylation sites is 1. The lowest BCUT2D eigenvalue weighted by atomic mass is 10.1. The Morgan fingerprint density at radius 3 is 2.82 bits per heavy atom. The third-order valence-electron chi connectivity index (χ3n) is 4.59. The molecule has 0 bridgehead atoms. The number of rotatable bonds is 5. The highest BCUT2D eigenvalue weighted by atomic mass is 16.5. The van der Waals surface area contributed by atoms with E-state index < -0.39 is 0 Å². The van der Waals surface area contributed by atoms with E-state index in [4.69, 9.17) is 9.47 Å². The molecule has 1 aliphatic carbocycles. The van der Waals surface area contributed by atoms with Gasteiger partial charge >= 0.3 is 0 Å². The van der Waals surface area contributed by atoms with Crippen LogP contribution in [0.15, 0.2) is 24.3 Å². The Kier molecular flexibility index (Phi) is 4.67. The molecule has 3 rings (SSSR count). The van der Waals surface area contributed by atoms with Gasteiger partial charge in [-0.05, 0) is 43.7 Å². The average Bonchev–Trinajstić information content (AvgIpc) is 3.37. The van der Waals surface area contributed by atoms with E-state index in [0.717, 1.165) is 24.3 Å². The number of hydrogen-bond donors (Lipinski definition) is 0. The summed E-state index contributed by atoms with van der Waals surface area (Å²) in [4.78, 5) is 14.5. The first-order valence-corrected chi connectivity index (χ1v) is 8.22. The normalized spacial score (nSPS) is 25.1. The summed E-state index contributed by atoms with van der Waals surface area (Å²) in [5, 5.41) is 0. The molecule has 0 aromatic heterocycles. The molecule has 4 nitrogen and oxygen atoms in total. The largest absolute Gasteiger partial charge is 0.496 e. The maximum Gasteiger partial charge on any atom is 0.223 e. The summed E-state index contributed by atoms with van der Waals surface area (Å²) in [6.45, 7) is 3.54. The summed E-state index contributed by atoms with van der Waals surface area (Å²) in [7, 11) is 1.67. The van der Waals surface area contributed by atoms with E-state index in [1.165, 1.54) is 12.8 Å². The molecule has 0 radical (unpaired) electrons. The summed E-state index contributed by atoms with van der Waals surface area (Å²) < 4.78 is 11.3. The molecule has 1 amide bonds. The van der Waals surface area contributed by atoms with E-state index >= 15 is 0 Å². The minimum Gasteiger partial charge on any atom is -0.496 e. The molecule has 0 N–H and O–H groups in total. The van der Waals surface area contributed by atoms with Crippen LogP contribution in [0.3, 0.4) is 0 Å². The number of amides is 1. The van der Waals surface area contributed by atoms with Gasteiger partial charge in [-0.2, -0.15) is 0 Å². The Morgan fingerprint density at radius 1 is 1.32 bits per heavy atom. The van der Waals surface area contributed by atoms with E-state index in [-0.39, 0.29) is 18.1 Å². The summed E-state index contributed by atoms with van der Waals surface area (Å²) in [6, 6.07) is 7.91. The molecule has 1 aromatic rings. The summed E-state index contributed by atoms with van der Waals surface area (Å²) >= 11 is 0. The van der Waals surface area contributed by atoms with Crippen molar-refractivity contribution in [2.75, 3.05) is 20.2 Å². The van der Waals surface area contributed by atoms with E-state index in [0.29, 0.717) is 18.9 Å². The second-order valence-electron chi connectivity index (χ2n) is 6.43. The van der Waals surface area contributed by atoms with Crippen LogP contribution in [0, 0.1) is 5.92 Å². The molecule has 2 fully saturated rings. The molecule has 1 aliphatic heterocycles. The smallest absolute Gasteiger partial charge is 0.223 e. The van der Waals surface area contributed by atoms with Crippen LogP contribution in [0.1, 0.15) is 31.7 Å². The first-order chi connectivity index (χ1) is 10.7. The Bertz CT molecular complexity index is 527. The second kappa shape index (κ2) is 6.69. The SMILES string of the molecule is COc1ccccc1CCC(=O)N1C[C@@H](C)O[C@H](C2CC2)C1. The molecule has 1 heterocycles. The summed E-state index contributed by atoms with van der Waals surface area (Å²) in [6.07, 6.45) is 4.16. The van der Waals surface area contributed by atoms with Gasteiger partial charge in [-0.25, -0.2) is 0 Å². The fourth-order valence-electron chi connectivity index (χ4n) is 3.23. The van der Waals surface area contributed by atoms with Gasteiger partial charge in [0.25, 0.3) is 0 Å². The Labute approximate surface area is 132 Å². The molecular formula is C18H25NO3. The third kappa shape index (κ3) is 3.61. The number of carbonyl (C=O) groups excluding carboxylic acids is 1. The minimum absolute atomic E-state index is 0.148. The van der Waals surface area contributed by atoms with Gasteiger partial charge in [0.15, 0.2) is 0 Å². The van der Waals surface area contributed by atoms with Crippen molar-refractivity contribution in [1.82, 2.24) is 4.90 Å². The quantitative estimate of drug-likeness (QED) is 0.839. The zero-order valence-electron chi connectivity index (χ0n) is 13.5. The van der Waals surface area contributed by atoms with Gasteiger partial charge in [0.05, 0.1) is 19.3 Å². The predicted octanol–water partition coefficient (Wildman–Crippen LogP) is 2.65. The van der Waals surface area contributed by atoms with Crippen LogP contribution in [0.4, 0.5) is 0 Å². The zero-order valence-corrected chi connectivity index (χ0v) is 13.5. The average molecular weight is 303 g/mol. The Hall–Kier alpha value is -1.55. The van der Waals surface area contributed by atoms with Gasteiger partial charge in [-0.3, -0.25) is 4.79 Å². The molecule has 4 heteroatoms. The lowest BCUT2D eigenvalue weighted by Gasteiger charge is -2.37. The fraction of sp³-hybridized carbons (Fsp3) is 0.611. The van der Waals surface area contributed by atoms with Crippen LogP contribution in [0.25, 0.3) is 0 Å². The molecule has 2 atom stereocenters. The van der Waals surface area contributed by atoms with E-state index in [1.807, 2.05) is 29.2 Å². The number of aryl methyl sites for hydroxylation is 1. The second-order valence-corrected chi connectivity index (χ2v) is 6.43. The van der Waals surface area contributed by atoms with Crippen LogP contribution in [-0.4, -0.2) is 43.2 Å². The molecule has 0 unspecified atom stereocenters. The number of methoxy groups -OCH3 is 1. The number of nitrogens with zero attached hydrogens (tertiary/aromatic N) is 1. The maximum atomic E-state index is 12.5. The predicted molar refractivity (Wildman–Crippen MR) is 85.0 cm³/mol. The molecule has 120 valence electrons. The van der Waals surface area contributed by atoms with E-state index in [1.54, 1.807) is 7.11 Å². The topological polar surface area (TPSA) is 38.8 Å². The van der Waals surface area contributed by atoms with Crippen molar-refractivity contribution in [2.45, 2.75) is 44.8 Å². The molecule has 0 spiro atoms. The lowest BCUT2D eigenvalue weighted by Crippen LogP contribution is -2.49. The number of ether oxygens (including phenoxy) is 2. The van der Waals surface area contributed by atoms with Crippen LogP contribution in [0.2, 0.25) is 0 Å². The molecule has 1 aromatic carbocycles. The molecule has 1 saturated carbocycles. The van der Waals surface area contributed by atoms with Crippen LogP contribution >= 0.6 is 0 Å². The van der Waals surface area contributed by atoms with Gasteiger partial charge in [-0.1, -0.05) is 18.2 Å². The van der Waals surface area contributed by atoms with Gasteiger partial charge in [0, 0.05) is 19.5 Å². The fourth-order valence-corrected chi connectivity index (χ4v) is 3.23. The Balaban J connectivity index is 1.56. The number of morpholine rings is 1. The molecule has 22 heavy (non-hydrogen) atoms. The van der Waals surface area contributed by atoms with Crippen molar-refractivity contribution in [3.63, 3.8) is 0 Å². The van der Waals surface area contributed by atoms with Crippen molar-refractivity contribution in [2.24, 2.45) is 5.92 Å². The monoisotopic (exact) mass is 303 g/mol. The van der Waals surface area contributed by atoms with Gasteiger partial charge in [-0.15, -0.1) is 0 Å². The van der Waals surface area contributed by atoms with Crippen molar-refractivity contribution < 1.29 is 14.3 Å². The molecular weight excluding hydrogens is 278 g/mol. The van der Waals surface area contributed by atoms with Crippen molar-refractivity contribution in [3.8, 4) is 5.75 Å². The van der Waals surface area contributed by atoms with Gasteiger partial charge < -0.3 is 14.4 Å². The molecule has 2 aliphatic rings. The van der Waals surface area contributed by atoms with Crippen molar-refractivity contribution in [3.05, 3.63) is 29.8 Å². The minimum atomic E-state index is 0.148. The first kappa shape index (κ1) is 15.3. The number of carbonyl (C=O) groups is 1. The Morgan fingerprint density at radius 2 is 2.09 bits per heavy atom. The maximum absolute atomic E-state index is 12.5. The number of benzene rings is 1. The van der Waals surface area contributed by atoms with E-state index in [9.17, 15) is 4.79 Å². The third-order valence-corrected chi connectivity index (χ3v) is 4.59. The van der Waals surface area contributed by atoms with E-state index in [2.05, 4.69) is 6.92 Å². The van der Waals surface area contributed by atoms with Crippen LogP contribution < -0.4 is 4.74 Å². The lowest BCUT2D eigenvalue weighted by molar-refractivity contribution is -0.145. The standard InChI is InChI=1S/C18H25NO3/c1-13-11-19(12-17(22-13)15-7-8-15)18(20)10-9-14-5-3-4-6-16(14)21-2/h3-6,13,15,17H,7-12H2,1-2H3/t13-,17+/m1/s1. The van der Waals surface area contributed by atoms with Crippen LogP contribution in [-0.2, 0) is 16.0 Å². The molecule has 1 saturated heterocycles. The highest BCUT2D eigenvalue weighted by Gasteiger charge is 2.38. The van der Waals surface area contributed by atoms with Crippen molar-refractivity contribution in [1.29, 1.82) is 0 Å². The highest BCUT2D eigenvalue weighted by molar-refractivity contribution is 5.76. The van der Waals surface area contributed by atoms with Crippen molar-refractivity contribution >= 4 is 5.91 Å². The zero-order chi connectivity index (χ0) is 15.5. The van der Waals surface area contributed by atoms with Gasteiger partial charge in [0.1, 0.15) is 5.75 Å². The highest BCUT2D eigenvalue weighted by Crippen LogP contribution is 2.36. The summed E-state index contributed by atoms with van der Waals surface area (Å²) in [5.41, 5.74) is 1.10. The summed E-state index contributed by atoms with van der Waals surface area (Å²) in [5.74, 6) is 1.76. The number of hydrogen-bond acceptors (Lipinski definition) is 3. The van der Waals surface area contributed by atoms with Gasteiger partial charge in [0.2, 0.25) is 5.91 Å². The van der Waals surface area contributed by atoms with Crippen LogP contribution in [0.5, 0.6) is 5.75 Å².